The van der Waals surface area contributed by atoms with Crippen LogP contribution < -0.4 is 9.64 Å². The first kappa shape index (κ1) is 29.0. The lowest BCUT2D eigenvalue weighted by atomic mass is 9.95. The van der Waals surface area contributed by atoms with E-state index in [4.69, 9.17) is 4.74 Å². The Morgan fingerprint density at radius 3 is 2.44 bits per heavy atom. The molecule has 3 aromatic carbocycles. The summed E-state index contributed by atoms with van der Waals surface area (Å²) in [5.41, 5.74) is 1.89. The van der Waals surface area contributed by atoms with Gasteiger partial charge < -0.3 is 9.84 Å². The number of halogens is 2. The molecule has 4 aromatic rings. The number of ketones is 1. The molecule has 5 rings (SSSR count). The quantitative estimate of drug-likeness (QED) is 0.0472. The first-order valence-corrected chi connectivity index (χ1v) is 15.5. The number of carbonyl (C=O) groups is 2. The second-order valence-corrected chi connectivity index (χ2v) is 12.3. The second kappa shape index (κ2) is 13.0. The molecule has 210 valence electrons. The van der Waals surface area contributed by atoms with Crippen molar-refractivity contribution in [3.05, 3.63) is 105 Å². The number of hydrogen-bond donors (Lipinski definition) is 1. The molecule has 0 radical (unpaired) electrons. The number of amides is 1. The van der Waals surface area contributed by atoms with Crippen LogP contribution in [-0.2, 0) is 15.3 Å². The highest BCUT2D eigenvalue weighted by atomic mass is 79.9. The fourth-order valence-corrected chi connectivity index (χ4v) is 6.36. The Bertz CT molecular complexity index is 1570. The third kappa shape index (κ3) is 6.52. The molecule has 0 bridgehead atoms. The van der Waals surface area contributed by atoms with Crippen LogP contribution in [0.1, 0.15) is 42.5 Å². The lowest BCUT2D eigenvalue weighted by molar-refractivity contribution is -0.132. The van der Waals surface area contributed by atoms with Crippen LogP contribution >= 0.6 is 39.0 Å². The molecular formula is C30H25BrFN3O4S2. The fourth-order valence-electron chi connectivity index (χ4n) is 4.27. The molecule has 11 heteroatoms. The van der Waals surface area contributed by atoms with E-state index < -0.39 is 17.7 Å². The molecule has 1 fully saturated rings. The van der Waals surface area contributed by atoms with Crippen LogP contribution in [0.4, 0.5) is 9.52 Å². The maximum Gasteiger partial charge on any atom is 0.301 e. The van der Waals surface area contributed by atoms with Crippen LogP contribution in [0.15, 0.2) is 87.2 Å². The van der Waals surface area contributed by atoms with E-state index in [9.17, 15) is 19.1 Å². The largest absolute Gasteiger partial charge is 0.507 e. The average Bonchev–Trinajstić information content (AvgIpc) is 3.55. The molecule has 0 aliphatic carbocycles. The Morgan fingerprint density at radius 1 is 1.05 bits per heavy atom. The minimum absolute atomic E-state index is 0.0345. The van der Waals surface area contributed by atoms with Crippen molar-refractivity contribution in [1.82, 2.24) is 10.2 Å². The molecule has 0 saturated carbocycles. The Balaban J connectivity index is 1.50. The number of aliphatic hydroxyl groups is 1. The number of Topliss-reactive ketones (excluding diaryl/α,β-unsaturated/α-hetero) is 1. The number of unbranched alkanes of at least 4 members (excludes halogenated alkanes) is 1. The van der Waals surface area contributed by atoms with E-state index in [1.54, 1.807) is 60.7 Å². The molecule has 1 saturated heterocycles. The van der Waals surface area contributed by atoms with Crippen LogP contribution in [-0.4, -0.2) is 33.6 Å². The summed E-state index contributed by atoms with van der Waals surface area (Å²) in [7, 11) is 0. The summed E-state index contributed by atoms with van der Waals surface area (Å²) in [6.45, 7) is 2.67. The number of hydrogen-bond acceptors (Lipinski definition) is 8. The van der Waals surface area contributed by atoms with Crippen molar-refractivity contribution < 1.29 is 23.8 Å². The minimum atomic E-state index is -0.925. The molecule has 1 unspecified atom stereocenters. The van der Waals surface area contributed by atoms with E-state index in [0.29, 0.717) is 33.6 Å². The number of aliphatic hydroxyl groups excluding tert-OH is 1. The van der Waals surface area contributed by atoms with E-state index in [1.165, 1.54) is 40.1 Å². The van der Waals surface area contributed by atoms with Crippen molar-refractivity contribution in [2.75, 3.05) is 11.5 Å². The maximum atomic E-state index is 13.4. The number of nitrogens with zero attached hydrogens (tertiary/aromatic N) is 3. The summed E-state index contributed by atoms with van der Waals surface area (Å²) >= 11 is 5.94. The van der Waals surface area contributed by atoms with Gasteiger partial charge in [0, 0.05) is 15.8 Å². The van der Waals surface area contributed by atoms with Gasteiger partial charge in [0.05, 0.1) is 18.2 Å². The van der Waals surface area contributed by atoms with Gasteiger partial charge in [-0.25, -0.2) is 4.39 Å². The molecule has 1 aliphatic heterocycles. The number of benzene rings is 3. The number of ether oxygens (including phenoxy) is 1. The van der Waals surface area contributed by atoms with Crippen molar-refractivity contribution >= 4 is 61.6 Å². The highest BCUT2D eigenvalue weighted by Gasteiger charge is 2.48. The van der Waals surface area contributed by atoms with Gasteiger partial charge in [-0.3, -0.25) is 14.5 Å². The van der Waals surface area contributed by atoms with Gasteiger partial charge in [0.1, 0.15) is 17.3 Å². The van der Waals surface area contributed by atoms with E-state index >= 15 is 0 Å². The van der Waals surface area contributed by atoms with Crippen LogP contribution in [0.25, 0.3) is 5.76 Å². The number of carbonyl (C=O) groups excluding carboxylic acids is 2. The summed E-state index contributed by atoms with van der Waals surface area (Å²) in [5, 5.41) is 20.0. The number of aromatic nitrogens is 2. The first-order valence-electron chi connectivity index (χ1n) is 12.9. The Kier molecular flexibility index (Phi) is 9.16. The fraction of sp³-hybridized carbons (Fsp3) is 0.200. The maximum absolute atomic E-state index is 13.4. The average molecular weight is 655 g/mol. The molecule has 0 spiro atoms. The van der Waals surface area contributed by atoms with Crippen LogP contribution in [0.3, 0.4) is 0 Å². The lowest BCUT2D eigenvalue weighted by Crippen LogP contribution is -2.29. The first-order chi connectivity index (χ1) is 19.9. The van der Waals surface area contributed by atoms with E-state index in [0.717, 1.165) is 22.9 Å². The summed E-state index contributed by atoms with van der Waals surface area (Å²) in [6, 6.07) is 19.2. The zero-order valence-corrected chi connectivity index (χ0v) is 25.1. The van der Waals surface area contributed by atoms with Gasteiger partial charge in [-0.2, -0.15) is 0 Å². The Labute approximate surface area is 253 Å². The van der Waals surface area contributed by atoms with E-state index in [2.05, 4.69) is 33.1 Å². The summed E-state index contributed by atoms with van der Waals surface area (Å²) in [5.74, 6) is -1.00. The van der Waals surface area contributed by atoms with Gasteiger partial charge in [0.15, 0.2) is 4.34 Å². The van der Waals surface area contributed by atoms with Gasteiger partial charge in [-0.15, -0.1) is 10.2 Å². The van der Waals surface area contributed by atoms with Crippen molar-refractivity contribution in [3.63, 3.8) is 0 Å². The lowest BCUT2D eigenvalue weighted by Gasteiger charge is -2.22. The van der Waals surface area contributed by atoms with Gasteiger partial charge in [0.25, 0.3) is 5.78 Å². The van der Waals surface area contributed by atoms with Crippen molar-refractivity contribution in [2.45, 2.75) is 35.9 Å². The van der Waals surface area contributed by atoms with Gasteiger partial charge >= 0.3 is 5.91 Å². The highest BCUT2D eigenvalue weighted by molar-refractivity contribution is 9.10. The molecule has 1 atom stereocenters. The van der Waals surface area contributed by atoms with E-state index in [1.807, 2.05) is 0 Å². The summed E-state index contributed by atoms with van der Waals surface area (Å²) < 4.78 is 20.4. The summed E-state index contributed by atoms with van der Waals surface area (Å²) in [6.07, 6.45) is 1.93. The molecule has 7 nitrogen and oxygen atoms in total. The SMILES string of the molecule is CCCCOc1ccc(C2/C(=C(/O)c3ccc(Br)cc3)C(=O)C(=O)N2c2nnc(SCc3ccc(F)cc3)s2)cc1. The minimum Gasteiger partial charge on any atom is -0.507 e. The standard InChI is InChI=1S/C30H25BrFN3O4S2/c1-2-3-16-39-23-14-8-19(9-15-23)25-24(26(36)20-6-10-21(31)11-7-20)27(37)28(38)35(25)29-33-34-30(41-29)40-17-18-4-12-22(32)13-5-18/h4-15,25,36H,2-3,16-17H2,1H3/b26-24-. The Morgan fingerprint density at radius 2 is 1.76 bits per heavy atom. The Hall–Kier alpha value is -3.54. The van der Waals surface area contributed by atoms with Crippen molar-refractivity contribution in [1.29, 1.82) is 0 Å². The molecule has 1 N–H and O–H groups in total. The number of thioether (sulfide) groups is 1. The zero-order valence-electron chi connectivity index (χ0n) is 21.9. The van der Waals surface area contributed by atoms with Crippen molar-refractivity contribution in [2.24, 2.45) is 0 Å². The third-order valence-electron chi connectivity index (χ3n) is 6.40. The van der Waals surface area contributed by atoms with Crippen molar-refractivity contribution in [3.8, 4) is 5.75 Å². The normalized spacial score (nSPS) is 16.4. The van der Waals surface area contributed by atoms with Crippen LogP contribution in [0.2, 0.25) is 0 Å². The van der Waals surface area contributed by atoms with Gasteiger partial charge in [-0.1, -0.05) is 88.8 Å². The smallest absolute Gasteiger partial charge is 0.301 e. The third-order valence-corrected chi connectivity index (χ3v) is 9.06. The van der Waals surface area contributed by atoms with Crippen LogP contribution in [0.5, 0.6) is 5.75 Å². The summed E-state index contributed by atoms with van der Waals surface area (Å²) in [4.78, 5) is 28.2. The monoisotopic (exact) mass is 653 g/mol. The molecule has 1 amide bonds. The second-order valence-electron chi connectivity index (χ2n) is 9.21. The molecule has 1 aliphatic rings. The molecule has 2 heterocycles. The van der Waals surface area contributed by atoms with E-state index in [-0.39, 0.29) is 22.3 Å². The zero-order chi connectivity index (χ0) is 28.9. The van der Waals surface area contributed by atoms with Gasteiger partial charge in [0.2, 0.25) is 5.13 Å². The molecule has 1 aromatic heterocycles. The van der Waals surface area contributed by atoms with Gasteiger partial charge in [-0.05, 0) is 53.9 Å². The number of anilines is 1. The predicted molar refractivity (Wildman–Crippen MR) is 162 cm³/mol. The topological polar surface area (TPSA) is 92.6 Å². The molecule has 41 heavy (non-hydrogen) atoms. The highest BCUT2D eigenvalue weighted by Crippen LogP contribution is 2.44. The van der Waals surface area contributed by atoms with Crippen LogP contribution in [0, 0.1) is 5.82 Å². The molecular weight excluding hydrogens is 629 g/mol. The number of rotatable bonds is 10. The predicted octanol–water partition coefficient (Wildman–Crippen LogP) is 7.54.